The van der Waals surface area contributed by atoms with Crippen molar-refractivity contribution in [1.82, 2.24) is 30.2 Å². The van der Waals surface area contributed by atoms with Crippen molar-refractivity contribution in [1.29, 1.82) is 0 Å². The van der Waals surface area contributed by atoms with Gasteiger partial charge in [0.15, 0.2) is 17.7 Å². The molecule has 2 aromatic rings. The molecule has 12 N–H and O–H groups in total. The fourth-order valence-corrected chi connectivity index (χ4v) is 9.46. The number of nitrogens with one attached hydrogen (secondary N) is 2. The molecule has 2 amide bonds. The van der Waals surface area contributed by atoms with Crippen LogP contribution in [0, 0.1) is 5.41 Å². The average Bonchev–Trinajstić information content (AvgIpc) is 3.76. The molecule has 0 aliphatic carbocycles. The Morgan fingerprint density at radius 2 is 1.60 bits per heavy atom. The number of rotatable bonds is 30. The van der Waals surface area contributed by atoms with Crippen molar-refractivity contribution in [2.24, 2.45) is 5.41 Å². The number of carbonyl (C=O) groups excluding carboxylic acids is 2. The number of anilines is 1. The fourth-order valence-electron chi connectivity index (χ4n) is 5.77. The zero-order chi connectivity index (χ0) is 49.0. The van der Waals surface area contributed by atoms with Crippen LogP contribution in [0.4, 0.5) is 5.82 Å². The quantitative estimate of drug-likeness (QED) is 0.0302. The minimum atomic E-state index is -5.55. The third kappa shape index (κ3) is 22.0. The molecule has 3 heterocycles. The molecule has 372 valence electrons. The highest BCUT2D eigenvalue weighted by atomic mass is 32.2. The van der Waals surface area contributed by atoms with Crippen LogP contribution in [0.15, 0.2) is 12.7 Å². The number of carbonyl (C=O) groups is 4. The molecule has 0 spiro atoms. The van der Waals surface area contributed by atoms with Crippen LogP contribution in [-0.4, -0.2) is 145 Å². The number of nitrogens with two attached hydrogens (primary N) is 1. The summed E-state index contributed by atoms with van der Waals surface area (Å²) in [4.78, 5) is 94.7. The standard InChI is InChI=1S/C31H56N7O16P3S.C3H4O4/c1-4-5-6-7-8-9-10-11-15-58-16-14-33-22(39)12-13-34-29(42)26(41)31(2,3)18-51-57(48,49)54-56(46,47)50-17-21-25(53-55(43,44)45)24(40)30(52-21)38-20-37-23-27(32)35-19-36-28(23)38;4-2(5)1-3(6)7/h19-21,24-26,30,40-41H,4-18H2,1-3H3,(H,33,39)(H,34,42)(H,46,47)(H,48,49)(H2,32,35,36)(H2,43,44,45);1H2,(H,4,5)(H,6,7)/t21-,24-,25-,26+,30-;/m1./s1/i;2+2. The maximum atomic E-state index is 12.7. The lowest BCUT2D eigenvalue weighted by Crippen LogP contribution is -2.46. The molecule has 0 radical (unpaired) electrons. The Bertz CT molecular complexity index is 1980. The first kappa shape index (κ1) is 58.0. The number of aliphatic carboxylic acids is 2. The predicted molar refractivity (Wildman–Crippen MR) is 229 cm³/mol. The normalized spacial score (nSPS) is 20.0. The number of ether oxygens (including phenoxy) is 1. The molecule has 1 fully saturated rings. The molecule has 0 bridgehead atoms. The second-order valence-electron chi connectivity index (χ2n) is 15.1. The predicted octanol–water partition coefficient (Wildman–Crippen LogP) is 1.82. The van der Waals surface area contributed by atoms with E-state index in [1.54, 1.807) is 11.8 Å². The largest absolute Gasteiger partial charge is 0.481 e. The number of hydrogen-bond acceptors (Lipinski definition) is 19. The van der Waals surface area contributed by atoms with E-state index in [9.17, 15) is 62.7 Å². The zero-order valence-corrected chi connectivity index (χ0v) is 39.4. The maximum Gasteiger partial charge on any atom is 0.481 e. The monoisotopic (exact) mass is 1010 g/mol. The topological polar surface area (TPSA) is 421 Å². The number of aliphatic hydroxyl groups is 2. The molecule has 1 saturated heterocycles. The van der Waals surface area contributed by atoms with E-state index in [0.717, 1.165) is 35.1 Å². The van der Waals surface area contributed by atoms with E-state index in [0.29, 0.717) is 6.54 Å². The Hall–Kier alpha value is -3.17. The highest BCUT2D eigenvalue weighted by molar-refractivity contribution is 7.99. The summed E-state index contributed by atoms with van der Waals surface area (Å²) < 4.78 is 62.3. The van der Waals surface area contributed by atoms with Crippen LogP contribution >= 0.6 is 35.2 Å². The summed E-state index contributed by atoms with van der Waals surface area (Å²) in [6.45, 7) is 3.17. The molecule has 3 rings (SSSR count). The number of phosphoric acid groups is 3. The molecule has 27 nitrogen and oxygen atoms in total. The van der Waals surface area contributed by atoms with Crippen LogP contribution < -0.4 is 16.4 Å². The van der Waals surface area contributed by atoms with Crippen molar-refractivity contribution in [2.45, 2.75) is 116 Å². The molecule has 1 aliphatic rings. The van der Waals surface area contributed by atoms with Gasteiger partial charge < -0.3 is 61.1 Å². The summed E-state index contributed by atoms with van der Waals surface area (Å²) in [7, 11) is -16.3. The van der Waals surface area contributed by atoms with Crippen molar-refractivity contribution >= 4 is 76.0 Å². The van der Waals surface area contributed by atoms with Crippen molar-refractivity contribution in [2.75, 3.05) is 43.5 Å². The van der Waals surface area contributed by atoms with Crippen LogP contribution in [0.3, 0.4) is 0 Å². The van der Waals surface area contributed by atoms with E-state index < -0.39 is 97.0 Å². The molecule has 0 aromatic carbocycles. The highest BCUT2D eigenvalue weighted by Gasteiger charge is 2.50. The minimum Gasteiger partial charge on any atom is -0.481 e. The van der Waals surface area contributed by atoms with Gasteiger partial charge in [0.2, 0.25) is 11.8 Å². The number of aliphatic hydroxyl groups excluding tert-OH is 2. The van der Waals surface area contributed by atoms with Gasteiger partial charge in [-0.1, -0.05) is 65.7 Å². The number of phosphoric ester groups is 3. The van der Waals surface area contributed by atoms with Gasteiger partial charge in [0.05, 0.1) is 19.5 Å². The molecular weight excluding hydrogens is 953 g/mol. The molecule has 31 heteroatoms. The summed E-state index contributed by atoms with van der Waals surface area (Å²) in [5, 5.41) is 42.1. The van der Waals surface area contributed by atoms with Crippen molar-refractivity contribution in [3.63, 3.8) is 0 Å². The number of carboxylic acid groups (broad SMARTS) is 2. The lowest BCUT2D eigenvalue weighted by Gasteiger charge is -2.30. The van der Waals surface area contributed by atoms with Gasteiger partial charge in [0.1, 0.15) is 42.7 Å². The van der Waals surface area contributed by atoms with Crippen LogP contribution in [0.1, 0.15) is 91.2 Å². The van der Waals surface area contributed by atoms with E-state index in [2.05, 4.69) is 41.3 Å². The highest BCUT2D eigenvalue weighted by Crippen LogP contribution is 2.61. The van der Waals surface area contributed by atoms with Gasteiger partial charge in [-0.25, -0.2) is 28.6 Å². The third-order valence-corrected chi connectivity index (χ3v) is 13.3. The van der Waals surface area contributed by atoms with Crippen molar-refractivity contribution < 1.29 is 95.5 Å². The number of carboxylic acids is 2. The number of unbranched alkanes of at least 4 members (excludes halogenated alkanes) is 7. The molecule has 2 aromatic heterocycles. The summed E-state index contributed by atoms with van der Waals surface area (Å²) >= 11 is 1.76. The van der Waals surface area contributed by atoms with Crippen LogP contribution in [0.25, 0.3) is 11.2 Å². The van der Waals surface area contributed by atoms with Gasteiger partial charge in [0, 0.05) is 30.7 Å². The first-order valence-corrected chi connectivity index (χ1v) is 25.9. The first-order valence-electron chi connectivity index (χ1n) is 20.2. The molecule has 0 saturated carbocycles. The number of imidazole rings is 1. The lowest BCUT2D eigenvalue weighted by atomic mass is 9.87. The second kappa shape index (κ2) is 27.6. The Morgan fingerprint density at radius 1 is 0.969 bits per heavy atom. The second-order valence-corrected chi connectivity index (χ2v) is 20.6. The first-order chi connectivity index (χ1) is 30.3. The smallest absolute Gasteiger partial charge is 0.481 e. The van der Waals surface area contributed by atoms with Gasteiger partial charge in [-0.15, -0.1) is 0 Å². The van der Waals surface area contributed by atoms with Gasteiger partial charge in [0.25, 0.3) is 0 Å². The molecular formula is C34H60N7O20P3S. The summed E-state index contributed by atoms with van der Waals surface area (Å²) in [6, 6.07) is 0. The van der Waals surface area contributed by atoms with Gasteiger partial charge in [-0.3, -0.25) is 37.3 Å². The van der Waals surface area contributed by atoms with E-state index in [4.69, 9.17) is 29.7 Å². The number of thioether (sulfide) groups is 1. The Morgan fingerprint density at radius 3 is 2.20 bits per heavy atom. The van der Waals surface area contributed by atoms with Crippen LogP contribution in [0.5, 0.6) is 0 Å². The van der Waals surface area contributed by atoms with E-state index >= 15 is 0 Å². The number of fused-ring (bicyclic) bond motifs is 1. The third-order valence-electron chi connectivity index (χ3n) is 9.09. The Kier molecular flexibility index (Phi) is 24.6. The molecule has 65 heavy (non-hydrogen) atoms. The lowest BCUT2D eigenvalue weighted by molar-refractivity contribution is -0.147. The molecule has 2 unspecified atom stereocenters. The van der Waals surface area contributed by atoms with E-state index in [1.165, 1.54) is 58.8 Å². The Balaban J connectivity index is 0.00000191. The van der Waals surface area contributed by atoms with Crippen LogP contribution in [0.2, 0.25) is 0 Å². The summed E-state index contributed by atoms with van der Waals surface area (Å²) in [5.74, 6) is -2.10. The Labute approximate surface area is 378 Å². The number of amides is 2. The molecule has 7 atom stereocenters. The van der Waals surface area contributed by atoms with Crippen molar-refractivity contribution in [3.05, 3.63) is 12.7 Å². The summed E-state index contributed by atoms with van der Waals surface area (Å²) in [6.07, 6.45) is 2.48. The van der Waals surface area contributed by atoms with Gasteiger partial charge >= 0.3 is 35.4 Å². The fraction of sp³-hybridized carbons (Fsp3) is 0.735. The number of nitrogen functional groups attached to an aromatic ring is 1. The number of nitrogens with zero attached hydrogens (tertiary/aromatic N) is 4. The average molecular weight is 1010 g/mol. The van der Waals surface area contributed by atoms with Gasteiger partial charge in [-0.2, -0.15) is 16.1 Å². The summed E-state index contributed by atoms with van der Waals surface area (Å²) in [5.41, 5.74) is 4.33. The van der Waals surface area contributed by atoms with E-state index in [-0.39, 0.29) is 35.9 Å². The minimum absolute atomic E-state index is 0.0326. The maximum absolute atomic E-state index is 12.7. The number of aromatic nitrogens is 4. The van der Waals surface area contributed by atoms with E-state index in [1.807, 2.05) is 0 Å². The number of hydrogen-bond donors (Lipinski definition) is 11. The SMILES string of the molecule is CCCCCCCCCCSCCNC(=O)CCNC(=O)[C@H](O)C(C)(C)COP(=O)(O)OP(=O)(O)OC[C@H]1O[C@@H](n2cnc3c(N)ncnc32)[C@H](O)[C@@H]1OP(=O)(O)O.O=C(O)C[14C](=O)O. The van der Waals surface area contributed by atoms with Crippen molar-refractivity contribution in [3.8, 4) is 0 Å². The van der Waals surface area contributed by atoms with Gasteiger partial charge in [-0.05, 0) is 12.2 Å². The van der Waals surface area contributed by atoms with Crippen LogP contribution in [-0.2, 0) is 55.5 Å². The molecule has 1 aliphatic heterocycles. The zero-order valence-electron chi connectivity index (χ0n) is 35.9.